The standard InChI is InChI=1S/C30H34Cl3N3O5S/c1-6-26(30(38)34-19(2)3)35(17-21-9-13-24(32)25(33)15-21)29(37)18-36(27-16-22(31)10-14-28(27)41-5)42(39,40)23-11-7-20(4)8-12-23/h7-16,19,26H,6,17-18H2,1-5H3,(H,34,38)/t26-/m1/s1. The van der Waals surface area contributed by atoms with E-state index < -0.39 is 28.5 Å². The van der Waals surface area contributed by atoms with Gasteiger partial charge in [0.2, 0.25) is 11.8 Å². The van der Waals surface area contributed by atoms with E-state index in [4.69, 9.17) is 39.5 Å². The first kappa shape index (κ1) is 33.5. The highest BCUT2D eigenvalue weighted by Gasteiger charge is 2.35. The van der Waals surface area contributed by atoms with Crippen LogP contribution in [0.1, 0.15) is 38.3 Å². The Morgan fingerprint density at radius 1 is 0.952 bits per heavy atom. The average Bonchev–Trinajstić information content (AvgIpc) is 2.93. The van der Waals surface area contributed by atoms with Crippen LogP contribution in [-0.2, 0) is 26.2 Å². The normalized spacial score (nSPS) is 12.1. The maximum atomic E-state index is 14.2. The number of sulfonamides is 1. The SMILES string of the molecule is CC[C@H](C(=O)NC(C)C)N(Cc1ccc(Cl)c(Cl)c1)C(=O)CN(c1cc(Cl)ccc1OC)S(=O)(=O)c1ccc(C)cc1. The van der Waals surface area contributed by atoms with Crippen LogP contribution in [0.5, 0.6) is 5.75 Å². The van der Waals surface area contributed by atoms with Crippen LogP contribution in [0.2, 0.25) is 15.1 Å². The van der Waals surface area contributed by atoms with E-state index in [1.54, 1.807) is 43.3 Å². The van der Waals surface area contributed by atoms with Crippen LogP contribution in [-0.4, -0.2) is 50.9 Å². The molecule has 0 radical (unpaired) electrons. The lowest BCUT2D eigenvalue weighted by molar-refractivity contribution is -0.140. The van der Waals surface area contributed by atoms with Crippen LogP contribution in [0.4, 0.5) is 5.69 Å². The van der Waals surface area contributed by atoms with Gasteiger partial charge in [-0.15, -0.1) is 0 Å². The number of nitrogens with zero attached hydrogens (tertiary/aromatic N) is 2. The Morgan fingerprint density at radius 3 is 2.19 bits per heavy atom. The van der Waals surface area contributed by atoms with Crippen molar-refractivity contribution in [1.82, 2.24) is 10.2 Å². The fraction of sp³-hybridized carbons (Fsp3) is 0.333. The van der Waals surface area contributed by atoms with Gasteiger partial charge < -0.3 is 15.0 Å². The summed E-state index contributed by atoms with van der Waals surface area (Å²) in [4.78, 5) is 28.8. The van der Waals surface area contributed by atoms with E-state index in [9.17, 15) is 18.0 Å². The summed E-state index contributed by atoms with van der Waals surface area (Å²) >= 11 is 18.6. The molecule has 0 aliphatic heterocycles. The number of hydrogen-bond acceptors (Lipinski definition) is 5. The number of nitrogens with one attached hydrogen (secondary N) is 1. The molecule has 0 aliphatic carbocycles. The molecule has 0 unspecified atom stereocenters. The molecule has 1 N–H and O–H groups in total. The molecule has 0 fully saturated rings. The predicted octanol–water partition coefficient (Wildman–Crippen LogP) is 6.49. The minimum atomic E-state index is -4.30. The fourth-order valence-electron chi connectivity index (χ4n) is 4.34. The number of aryl methyl sites for hydroxylation is 1. The van der Waals surface area contributed by atoms with Crippen molar-refractivity contribution in [1.29, 1.82) is 0 Å². The van der Waals surface area contributed by atoms with E-state index in [0.717, 1.165) is 9.87 Å². The lowest BCUT2D eigenvalue weighted by Gasteiger charge is -2.34. The van der Waals surface area contributed by atoms with Crippen LogP contribution in [0.25, 0.3) is 0 Å². The van der Waals surface area contributed by atoms with Crippen molar-refractivity contribution in [3.05, 3.63) is 86.9 Å². The summed E-state index contributed by atoms with van der Waals surface area (Å²) in [6.07, 6.45) is 0.275. The molecule has 2 amide bonds. The van der Waals surface area contributed by atoms with Gasteiger partial charge in [0.15, 0.2) is 0 Å². The predicted molar refractivity (Wildman–Crippen MR) is 168 cm³/mol. The second-order valence-electron chi connectivity index (χ2n) is 10.00. The molecule has 42 heavy (non-hydrogen) atoms. The van der Waals surface area contributed by atoms with E-state index in [0.29, 0.717) is 10.6 Å². The molecular formula is C30H34Cl3N3O5S. The third kappa shape index (κ3) is 8.10. The van der Waals surface area contributed by atoms with Gasteiger partial charge in [-0.25, -0.2) is 8.42 Å². The number of ether oxygens (including phenoxy) is 1. The van der Waals surface area contributed by atoms with Gasteiger partial charge in [0.05, 0.1) is 27.7 Å². The van der Waals surface area contributed by atoms with E-state index in [1.807, 2.05) is 20.8 Å². The molecule has 3 rings (SSSR count). The summed E-state index contributed by atoms with van der Waals surface area (Å²) in [5, 5.41) is 3.73. The van der Waals surface area contributed by atoms with Gasteiger partial charge in [-0.2, -0.15) is 0 Å². The van der Waals surface area contributed by atoms with Gasteiger partial charge in [-0.05, 0) is 75.2 Å². The van der Waals surface area contributed by atoms with E-state index in [-0.39, 0.29) is 51.3 Å². The molecule has 0 aromatic heterocycles. The Balaban J connectivity index is 2.15. The Kier molecular flexibility index (Phi) is 11.5. The second kappa shape index (κ2) is 14.5. The van der Waals surface area contributed by atoms with Crippen LogP contribution < -0.4 is 14.4 Å². The molecule has 8 nitrogen and oxygen atoms in total. The highest BCUT2D eigenvalue weighted by molar-refractivity contribution is 7.92. The highest BCUT2D eigenvalue weighted by atomic mass is 35.5. The van der Waals surface area contributed by atoms with Crippen molar-refractivity contribution in [2.24, 2.45) is 0 Å². The van der Waals surface area contributed by atoms with Crippen molar-refractivity contribution >= 4 is 62.3 Å². The van der Waals surface area contributed by atoms with Crippen LogP contribution in [0.3, 0.4) is 0 Å². The zero-order valence-corrected chi connectivity index (χ0v) is 27.1. The van der Waals surface area contributed by atoms with Gasteiger partial charge in [0.1, 0.15) is 18.3 Å². The number of methoxy groups -OCH3 is 1. The summed E-state index contributed by atoms with van der Waals surface area (Å²) in [5.74, 6) is -0.790. The number of hydrogen-bond donors (Lipinski definition) is 1. The number of anilines is 1. The summed E-state index contributed by atoms with van der Waals surface area (Å²) in [7, 11) is -2.90. The van der Waals surface area contributed by atoms with Crippen LogP contribution in [0, 0.1) is 6.92 Å². The molecule has 0 spiro atoms. The smallest absolute Gasteiger partial charge is 0.264 e. The molecule has 226 valence electrons. The summed E-state index contributed by atoms with van der Waals surface area (Å²) in [5.41, 5.74) is 1.56. The number of benzene rings is 3. The Labute approximate surface area is 262 Å². The molecule has 0 bridgehead atoms. The average molecular weight is 655 g/mol. The zero-order chi connectivity index (χ0) is 31.2. The summed E-state index contributed by atoms with van der Waals surface area (Å²) in [6.45, 7) is 6.59. The van der Waals surface area contributed by atoms with Crippen molar-refractivity contribution in [2.45, 2.75) is 57.6 Å². The Morgan fingerprint density at radius 2 is 1.62 bits per heavy atom. The van der Waals surface area contributed by atoms with Gasteiger partial charge >= 0.3 is 0 Å². The van der Waals surface area contributed by atoms with Crippen LogP contribution >= 0.6 is 34.8 Å². The molecular weight excluding hydrogens is 621 g/mol. The maximum Gasteiger partial charge on any atom is 0.264 e. The number of carbonyl (C=O) groups excluding carboxylic acids is 2. The van der Waals surface area contributed by atoms with E-state index >= 15 is 0 Å². The lowest BCUT2D eigenvalue weighted by Crippen LogP contribution is -2.53. The lowest BCUT2D eigenvalue weighted by atomic mass is 10.1. The number of amides is 2. The molecule has 1 atom stereocenters. The number of rotatable bonds is 12. The fourth-order valence-corrected chi connectivity index (χ4v) is 6.25. The van der Waals surface area contributed by atoms with Crippen molar-refractivity contribution in [2.75, 3.05) is 18.0 Å². The van der Waals surface area contributed by atoms with Gasteiger partial charge in [0, 0.05) is 17.6 Å². The Hall–Kier alpha value is -2.98. The first-order valence-corrected chi connectivity index (χ1v) is 15.8. The molecule has 3 aromatic rings. The highest BCUT2D eigenvalue weighted by Crippen LogP contribution is 2.35. The first-order chi connectivity index (χ1) is 19.8. The molecule has 0 aliphatic rings. The molecule has 12 heteroatoms. The van der Waals surface area contributed by atoms with Crippen LogP contribution in [0.15, 0.2) is 65.6 Å². The van der Waals surface area contributed by atoms with Crippen molar-refractivity contribution in [3.63, 3.8) is 0 Å². The summed E-state index contributed by atoms with van der Waals surface area (Å²) < 4.78 is 34.6. The number of halogens is 3. The maximum absolute atomic E-state index is 14.2. The quantitative estimate of drug-likeness (QED) is 0.241. The topological polar surface area (TPSA) is 96.0 Å². The van der Waals surface area contributed by atoms with Gasteiger partial charge in [0.25, 0.3) is 10.0 Å². The Bertz CT molecular complexity index is 1530. The number of carbonyl (C=O) groups is 2. The molecule has 0 saturated heterocycles. The summed E-state index contributed by atoms with van der Waals surface area (Å²) in [6, 6.07) is 14.6. The zero-order valence-electron chi connectivity index (χ0n) is 24.0. The van der Waals surface area contributed by atoms with Crippen molar-refractivity contribution in [3.8, 4) is 5.75 Å². The van der Waals surface area contributed by atoms with Crippen molar-refractivity contribution < 1.29 is 22.7 Å². The van der Waals surface area contributed by atoms with E-state index in [2.05, 4.69) is 5.32 Å². The molecule has 3 aromatic carbocycles. The minimum Gasteiger partial charge on any atom is -0.495 e. The minimum absolute atomic E-state index is 0.0230. The largest absolute Gasteiger partial charge is 0.495 e. The monoisotopic (exact) mass is 653 g/mol. The molecule has 0 saturated carbocycles. The van der Waals surface area contributed by atoms with E-state index in [1.165, 1.54) is 36.3 Å². The molecule has 0 heterocycles. The third-order valence-electron chi connectivity index (χ3n) is 6.45. The first-order valence-electron chi connectivity index (χ1n) is 13.2. The van der Waals surface area contributed by atoms with Gasteiger partial charge in [-0.1, -0.05) is 65.5 Å². The third-order valence-corrected chi connectivity index (χ3v) is 9.20. The van der Waals surface area contributed by atoms with Gasteiger partial charge in [-0.3, -0.25) is 13.9 Å². The second-order valence-corrected chi connectivity index (χ2v) is 13.1.